The van der Waals surface area contributed by atoms with Gasteiger partial charge in [0.2, 0.25) is 0 Å². The average molecular weight is 466 g/mol. The van der Waals surface area contributed by atoms with E-state index in [4.69, 9.17) is 0 Å². The fourth-order valence-corrected chi connectivity index (χ4v) is 4.30. The number of hydrogen-bond donors (Lipinski definition) is 3. The van der Waals surface area contributed by atoms with Gasteiger partial charge in [-0.3, -0.25) is 14.4 Å². The molecule has 0 fully saturated rings. The molecule has 2 aromatic rings. The number of nitrogens with zero attached hydrogens (tertiary/aromatic N) is 1. The topological polar surface area (TPSA) is 116 Å². The van der Waals surface area contributed by atoms with E-state index >= 15 is 0 Å². The predicted octanol–water partition coefficient (Wildman–Crippen LogP) is -0.498. The Morgan fingerprint density at radius 1 is 1.22 bits per heavy atom. The van der Waals surface area contributed by atoms with Crippen LogP contribution in [0.1, 0.15) is 34.8 Å². The van der Waals surface area contributed by atoms with Crippen LogP contribution in [-0.4, -0.2) is 46.8 Å². The van der Waals surface area contributed by atoms with Crippen LogP contribution in [0.5, 0.6) is 0 Å². The molecule has 3 N–H and O–H groups in total. The van der Waals surface area contributed by atoms with Crippen LogP contribution in [0.3, 0.4) is 0 Å². The number of carbonyl (C=O) groups excluding carboxylic acids is 3. The van der Waals surface area contributed by atoms with E-state index in [-0.39, 0.29) is 37.4 Å². The first-order valence-corrected chi connectivity index (χ1v) is 10.5. The predicted molar refractivity (Wildman–Crippen MR) is 117 cm³/mol. The molecule has 3 rings (SSSR count). The summed E-state index contributed by atoms with van der Waals surface area (Å²) in [6.45, 7) is 2.03. The SMILES string of the molecule is Cc1ccccc1Cc1ccc([C@H](CC(=O)O)NC(=O)NC2C(=O)C=CN(C)C2=O)s1.[H-].[Na+]. The molecule has 0 spiro atoms. The molecule has 2 heterocycles. The number of aryl methyl sites for hydroxylation is 1. The van der Waals surface area contributed by atoms with E-state index in [1.54, 1.807) is 6.07 Å². The summed E-state index contributed by atoms with van der Waals surface area (Å²) in [7, 11) is 1.48. The van der Waals surface area contributed by atoms with Gasteiger partial charge in [0.05, 0.1) is 12.5 Å². The largest absolute Gasteiger partial charge is 1.00 e. The maximum Gasteiger partial charge on any atom is 1.00 e. The van der Waals surface area contributed by atoms with Crippen molar-refractivity contribution in [2.75, 3.05) is 7.05 Å². The first-order chi connectivity index (χ1) is 14.7. The van der Waals surface area contributed by atoms with Gasteiger partial charge in [0.15, 0.2) is 11.8 Å². The number of rotatable bonds is 7. The van der Waals surface area contributed by atoms with Crippen LogP contribution in [0.2, 0.25) is 0 Å². The van der Waals surface area contributed by atoms with Gasteiger partial charge in [0.25, 0.3) is 5.91 Å². The Balaban J connectivity index is 0.00000272. The van der Waals surface area contributed by atoms with Gasteiger partial charge in [-0.1, -0.05) is 24.3 Å². The molecule has 32 heavy (non-hydrogen) atoms. The number of carboxylic acid groups (broad SMARTS) is 1. The quantitative estimate of drug-likeness (QED) is 0.377. The maximum atomic E-state index is 12.5. The van der Waals surface area contributed by atoms with Crippen LogP contribution in [0.25, 0.3) is 0 Å². The third kappa shape index (κ3) is 6.52. The van der Waals surface area contributed by atoms with E-state index in [1.807, 2.05) is 37.3 Å². The molecule has 0 radical (unpaired) electrons. The number of benzene rings is 1. The smallest absolute Gasteiger partial charge is 1.00 e. The summed E-state index contributed by atoms with van der Waals surface area (Å²) in [4.78, 5) is 50.8. The molecule has 1 aliphatic rings. The molecule has 0 bridgehead atoms. The number of likely N-dealkylation sites (N-methyl/N-ethyl adjacent to an activating group) is 1. The van der Waals surface area contributed by atoms with Crippen molar-refractivity contribution in [3.8, 4) is 0 Å². The fourth-order valence-electron chi connectivity index (χ4n) is 3.21. The van der Waals surface area contributed by atoms with Crippen molar-refractivity contribution < 1.29 is 55.3 Å². The number of urea groups is 1. The summed E-state index contributed by atoms with van der Waals surface area (Å²) in [5.41, 5.74) is 2.33. The molecule has 0 aliphatic carbocycles. The van der Waals surface area contributed by atoms with Gasteiger partial charge >= 0.3 is 41.6 Å². The van der Waals surface area contributed by atoms with Crippen molar-refractivity contribution >= 4 is 35.0 Å². The van der Waals surface area contributed by atoms with Gasteiger partial charge in [-0.05, 0) is 30.2 Å². The molecule has 0 saturated carbocycles. The summed E-state index contributed by atoms with van der Waals surface area (Å²) in [5, 5.41) is 14.2. The third-order valence-corrected chi connectivity index (χ3v) is 6.15. The number of aliphatic carboxylic acids is 1. The molecular weight excluding hydrogens is 441 g/mol. The van der Waals surface area contributed by atoms with Gasteiger partial charge in [-0.25, -0.2) is 4.79 Å². The first kappa shape index (κ1) is 25.8. The third-order valence-electron chi connectivity index (χ3n) is 4.95. The Bertz CT molecular complexity index is 1060. The summed E-state index contributed by atoms with van der Waals surface area (Å²) < 4.78 is 0. The maximum absolute atomic E-state index is 12.5. The van der Waals surface area contributed by atoms with Crippen LogP contribution in [-0.2, 0) is 20.8 Å². The Kier molecular flexibility index (Phi) is 9.21. The summed E-state index contributed by atoms with van der Waals surface area (Å²) in [5.74, 6) is -2.18. The molecule has 3 amide bonds. The average Bonchev–Trinajstić information content (AvgIpc) is 3.18. The van der Waals surface area contributed by atoms with Crippen molar-refractivity contribution in [1.29, 1.82) is 0 Å². The van der Waals surface area contributed by atoms with Gasteiger partial charge in [0, 0.05) is 35.5 Å². The van der Waals surface area contributed by atoms with Crippen LogP contribution in [0.15, 0.2) is 48.7 Å². The summed E-state index contributed by atoms with van der Waals surface area (Å²) >= 11 is 1.42. The minimum atomic E-state index is -1.33. The second kappa shape index (κ2) is 11.4. The van der Waals surface area contributed by atoms with Crippen molar-refractivity contribution in [3.05, 3.63) is 69.6 Å². The van der Waals surface area contributed by atoms with Crippen LogP contribution >= 0.6 is 11.3 Å². The molecule has 1 aromatic carbocycles. The number of nitrogens with one attached hydrogen (secondary N) is 2. The van der Waals surface area contributed by atoms with Gasteiger partial charge < -0.3 is 22.1 Å². The second-order valence-electron chi connectivity index (χ2n) is 7.28. The second-order valence-corrected chi connectivity index (χ2v) is 8.48. The minimum Gasteiger partial charge on any atom is -1.00 e. The number of carbonyl (C=O) groups is 4. The minimum absolute atomic E-state index is 0. The molecule has 164 valence electrons. The molecular formula is C22H24N3NaO5S. The van der Waals surface area contributed by atoms with Crippen molar-refractivity contribution in [2.45, 2.75) is 31.8 Å². The summed E-state index contributed by atoms with van der Waals surface area (Å²) in [6, 6.07) is 8.80. The zero-order chi connectivity index (χ0) is 22.5. The molecule has 10 heteroatoms. The number of hydrogen-bond acceptors (Lipinski definition) is 5. The number of thiophene rings is 1. The number of amides is 3. The van der Waals surface area contributed by atoms with Crippen LogP contribution < -0.4 is 40.2 Å². The van der Waals surface area contributed by atoms with Crippen LogP contribution in [0.4, 0.5) is 4.79 Å². The van der Waals surface area contributed by atoms with Gasteiger partial charge in [-0.15, -0.1) is 11.3 Å². The van der Waals surface area contributed by atoms with E-state index in [0.717, 1.165) is 10.4 Å². The monoisotopic (exact) mass is 465 g/mol. The molecule has 1 aromatic heterocycles. The molecule has 0 saturated heterocycles. The molecule has 2 atom stereocenters. The van der Waals surface area contributed by atoms with Gasteiger partial charge in [0.1, 0.15) is 0 Å². The van der Waals surface area contributed by atoms with Crippen molar-refractivity contribution in [3.63, 3.8) is 0 Å². The normalized spacial score (nSPS) is 16.3. The Hall–Kier alpha value is -2.46. The van der Waals surface area contributed by atoms with E-state index in [1.165, 1.54) is 41.1 Å². The molecule has 8 nitrogen and oxygen atoms in total. The standard InChI is InChI=1S/C22H23N3O5S.Na.H/c1-13-5-3-4-6-14(13)11-15-7-8-18(31-15)16(12-19(27)28)23-22(30)24-20-17(26)9-10-25(2)21(20)29;;/h3-10,16,20H,11-12H2,1-2H3,(H,27,28)(H2,23,24,30);;/q;+1;-1/t16-,20?;;/m0../s1. The van der Waals surface area contributed by atoms with Crippen molar-refractivity contribution in [2.24, 2.45) is 0 Å². The Morgan fingerprint density at radius 2 is 1.94 bits per heavy atom. The first-order valence-electron chi connectivity index (χ1n) is 9.65. The number of ketones is 1. The summed E-state index contributed by atoms with van der Waals surface area (Å²) in [6.07, 6.45) is 2.91. The zero-order valence-electron chi connectivity index (χ0n) is 19.1. The van der Waals surface area contributed by atoms with E-state index < -0.39 is 35.8 Å². The van der Waals surface area contributed by atoms with Crippen LogP contribution in [0, 0.1) is 6.92 Å². The Labute approximate surface area is 213 Å². The van der Waals surface area contributed by atoms with E-state index in [2.05, 4.69) is 10.6 Å². The van der Waals surface area contributed by atoms with E-state index in [9.17, 15) is 24.3 Å². The Morgan fingerprint density at radius 3 is 2.62 bits per heavy atom. The molecule has 1 aliphatic heterocycles. The fraction of sp³-hybridized carbons (Fsp3) is 0.273. The van der Waals surface area contributed by atoms with Gasteiger partial charge in [-0.2, -0.15) is 0 Å². The number of carboxylic acids is 1. The van der Waals surface area contributed by atoms with E-state index in [0.29, 0.717) is 11.3 Å². The molecule has 1 unspecified atom stereocenters. The zero-order valence-corrected chi connectivity index (χ0v) is 20.9. The van der Waals surface area contributed by atoms with Crippen molar-refractivity contribution in [1.82, 2.24) is 15.5 Å².